The molecule has 0 amide bonds. The molecule has 0 aromatic carbocycles. The molecule has 0 spiro atoms. The Labute approximate surface area is 408 Å². The molecule has 1 N–H and O–H groups in total. The van der Waals surface area contributed by atoms with Crippen molar-refractivity contribution >= 4 is 11.9 Å². The van der Waals surface area contributed by atoms with Crippen molar-refractivity contribution in [1.82, 2.24) is 0 Å². The average Bonchev–Trinajstić information content (AvgIpc) is 3.31. The van der Waals surface area contributed by atoms with Gasteiger partial charge in [0.15, 0.2) is 6.10 Å². The number of ether oxygens (including phenoxy) is 2. The number of carbonyl (C=O) groups excluding carboxylic acids is 2. The van der Waals surface area contributed by atoms with E-state index in [4.69, 9.17) is 9.47 Å². The molecule has 0 heterocycles. The van der Waals surface area contributed by atoms with Crippen molar-refractivity contribution in [2.45, 2.75) is 360 Å². The maximum atomic E-state index is 12.3. The SMILES string of the molecule is CCCCCCCCCCCCCCCCCCCCCCCCCCCCC(=O)OC(CO)COC(=O)CCCCCCCCCCCCCCCCCCCCCCCCCCC. The number of aliphatic hydroxyl groups excluding tert-OH is 1. The minimum absolute atomic E-state index is 0.0555. The summed E-state index contributed by atoms with van der Waals surface area (Å²) in [5.41, 5.74) is 0. The lowest BCUT2D eigenvalue weighted by atomic mass is 10.0. The molecule has 1 atom stereocenters. The molecule has 0 aromatic rings. The van der Waals surface area contributed by atoms with Crippen molar-refractivity contribution < 1.29 is 24.2 Å². The topological polar surface area (TPSA) is 72.8 Å². The number of hydrogen-bond acceptors (Lipinski definition) is 5. The summed E-state index contributed by atoms with van der Waals surface area (Å²) in [4.78, 5) is 24.5. The molecule has 0 aliphatic rings. The van der Waals surface area contributed by atoms with E-state index in [9.17, 15) is 14.7 Å². The number of carbonyl (C=O) groups is 2. The Morgan fingerprint density at radius 3 is 0.677 bits per heavy atom. The first-order chi connectivity index (χ1) is 32.1. The maximum Gasteiger partial charge on any atom is 0.306 e. The zero-order valence-electron chi connectivity index (χ0n) is 44.5. The predicted octanol–water partition coefficient (Wildman–Crippen LogP) is 20.1. The first kappa shape index (κ1) is 63.9. The second-order valence-electron chi connectivity index (χ2n) is 20.8. The quantitative estimate of drug-likeness (QED) is 0.0486. The Morgan fingerprint density at radius 2 is 0.477 bits per heavy atom. The highest BCUT2D eigenvalue weighted by atomic mass is 16.6. The normalized spacial score (nSPS) is 12.0. The first-order valence-electron chi connectivity index (χ1n) is 30.1. The summed E-state index contributed by atoms with van der Waals surface area (Å²) in [7, 11) is 0. The fraction of sp³-hybridized carbons (Fsp3) is 0.967. The Morgan fingerprint density at radius 1 is 0.292 bits per heavy atom. The van der Waals surface area contributed by atoms with Gasteiger partial charge in [-0.05, 0) is 12.8 Å². The molecule has 0 aromatic heterocycles. The lowest BCUT2D eigenvalue weighted by Gasteiger charge is -2.15. The Kier molecular flexibility index (Phi) is 56.3. The molecule has 0 rings (SSSR count). The summed E-state index contributed by atoms with van der Waals surface area (Å²) >= 11 is 0. The third-order valence-electron chi connectivity index (χ3n) is 14.2. The van der Waals surface area contributed by atoms with Crippen molar-refractivity contribution in [3.05, 3.63) is 0 Å². The maximum absolute atomic E-state index is 12.3. The fourth-order valence-electron chi connectivity index (χ4n) is 9.62. The smallest absolute Gasteiger partial charge is 0.306 e. The fourth-order valence-corrected chi connectivity index (χ4v) is 9.62. The highest BCUT2D eigenvalue weighted by Gasteiger charge is 2.16. The second-order valence-corrected chi connectivity index (χ2v) is 20.8. The molecule has 0 fully saturated rings. The molecular formula is C60H118O5. The largest absolute Gasteiger partial charge is 0.462 e. The van der Waals surface area contributed by atoms with Gasteiger partial charge in [0.1, 0.15) is 6.61 Å². The molecule has 0 saturated heterocycles. The molecule has 65 heavy (non-hydrogen) atoms. The highest BCUT2D eigenvalue weighted by Crippen LogP contribution is 2.19. The molecule has 1 unspecified atom stereocenters. The van der Waals surface area contributed by atoms with Crippen molar-refractivity contribution in [3.63, 3.8) is 0 Å². The Bertz CT molecular complexity index is 906. The van der Waals surface area contributed by atoms with Gasteiger partial charge in [-0.25, -0.2) is 0 Å². The molecule has 388 valence electrons. The van der Waals surface area contributed by atoms with Crippen molar-refractivity contribution in [3.8, 4) is 0 Å². The molecule has 0 saturated carbocycles. The van der Waals surface area contributed by atoms with Gasteiger partial charge in [0.25, 0.3) is 0 Å². The van der Waals surface area contributed by atoms with Crippen LogP contribution in [0.1, 0.15) is 354 Å². The van der Waals surface area contributed by atoms with Crippen LogP contribution in [0.15, 0.2) is 0 Å². The number of aliphatic hydroxyl groups is 1. The van der Waals surface area contributed by atoms with Gasteiger partial charge in [0.05, 0.1) is 6.61 Å². The molecule has 0 bridgehead atoms. The van der Waals surface area contributed by atoms with Gasteiger partial charge in [-0.3, -0.25) is 9.59 Å². The van der Waals surface area contributed by atoms with Crippen LogP contribution in [-0.2, 0) is 19.1 Å². The summed E-state index contributed by atoms with van der Waals surface area (Å²) in [6.07, 6.45) is 69.6. The van der Waals surface area contributed by atoms with Crippen LogP contribution >= 0.6 is 0 Å². The summed E-state index contributed by atoms with van der Waals surface area (Å²) in [5, 5.41) is 9.66. The van der Waals surface area contributed by atoms with E-state index in [-0.39, 0.29) is 25.2 Å². The van der Waals surface area contributed by atoms with E-state index in [1.54, 1.807) is 0 Å². The van der Waals surface area contributed by atoms with Gasteiger partial charge in [0.2, 0.25) is 0 Å². The zero-order chi connectivity index (χ0) is 47.0. The summed E-state index contributed by atoms with van der Waals surface area (Å²) < 4.78 is 10.7. The lowest BCUT2D eigenvalue weighted by molar-refractivity contribution is -0.161. The van der Waals surface area contributed by atoms with Crippen LogP contribution in [0.5, 0.6) is 0 Å². The molecule has 5 nitrogen and oxygen atoms in total. The van der Waals surface area contributed by atoms with Crippen molar-refractivity contribution in [2.24, 2.45) is 0 Å². The number of hydrogen-bond donors (Lipinski definition) is 1. The zero-order valence-corrected chi connectivity index (χ0v) is 44.5. The van der Waals surface area contributed by atoms with Gasteiger partial charge in [0, 0.05) is 12.8 Å². The summed E-state index contributed by atoms with van der Waals surface area (Å²) in [5.74, 6) is -0.561. The van der Waals surface area contributed by atoms with E-state index >= 15 is 0 Å². The number of unbranched alkanes of at least 4 members (excludes halogenated alkanes) is 49. The lowest BCUT2D eigenvalue weighted by Crippen LogP contribution is -2.28. The van der Waals surface area contributed by atoms with Crippen molar-refractivity contribution in [2.75, 3.05) is 13.2 Å². The van der Waals surface area contributed by atoms with Crippen LogP contribution in [0.4, 0.5) is 0 Å². The van der Waals surface area contributed by atoms with Gasteiger partial charge in [-0.1, -0.05) is 328 Å². The molecule has 0 aliphatic carbocycles. The van der Waals surface area contributed by atoms with Gasteiger partial charge in [-0.2, -0.15) is 0 Å². The van der Waals surface area contributed by atoms with E-state index < -0.39 is 6.10 Å². The Balaban J connectivity index is 3.38. The van der Waals surface area contributed by atoms with Gasteiger partial charge < -0.3 is 14.6 Å². The van der Waals surface area contributed by atoms with E-state index in [2.05, 4.69) is 13.8 Å². The number of rotatable bonds is 57. The molecular weight excluding hydrogens is 801 g/mol. The van der Waals surface area contributed by atoms with E-state index in [1.165, 1.54) is 295 Å². The average molecular weight is 920 g/mol. The second kappa shape index (κ2) is 57.2. The molecule has 0 radical (unpaired) electrons. The van der Waals surface area contributed by atoms with Gasteiger partial charge >= 0.3 is 11.9 Å². The highest BCUT2D eigenvalue weighted by molar-refractivity contribution is 5.70. The van der Waals surface area contributed by atoms with E-state index in [0.717, 1.165) is 32.1 Å². The Hall–Kier alpha value is -1.10. The molecule has 5 heteroatoms. The first-order valence-corrected chi connectivity index (χ1v) is 30.1. The third-order valence-corrected chi connectivity index (χ3v) is 14.2. The third kappa shape index (κ3) is 55.4. The van der Waals surface area contributed by atoms with Crippen LogP contribution in [0.2, 0.25) is 0 Å². The molecule has 0 aliphatic heterocycles. The van der Waals surface area contributed by atoms with Crippen LogP contribution in [0.25, 0.3) is 0 Å². The van der Waals surface area contributed by atoms with Gasteiger partial charge in [-0.15, -0.1) is 0 Å². The standard InChI is InChI=1S/C60H118O5/c1-3-5-7-9-11-13-15-17-19-21-23-25-27-29-31-33-35-37-39-41-43-45-47-49-51-53-55-60(63)65-58(56-61)57-64-59(62)54-52-50-48-46-44-42-40-38-36-34-32-30-28-26-24-22-20-18-16-14-12-10-8-6-4-2/h58,61H,3-57H2,1-2H3. The summed E-state index contributed by atoms with van der Waals surface area (Å²) in [6.45, 7) is 4.22. The van der Waals surface area contributed by atoms with Crippen LogP contribution < -0.4 is 0 Å². The van der Waals surface area contributed by atoms with E-state index in [0.29, 0.717) is 12.8 Å². The number of esters is 2. The van der Waals surface area contributed by atoms with Crippen LogP contribution in [-0.4, -0.2) is 36.4 Å². The van der Waals surface area contributed by atoms with Crippen molar-refractivity contribution in [1.29, 1.82) is 0 Å². The van der Waals surface area contributed by atoms with E-state index in [1.807, 2.05) is 0 Å². The van der Waals surface area contributed by atoms with Crippen LogP contribution in [0, 0.1) is 0 Å². The summed E-state index contributed by atoms with van der Waals surface area (Å²) in [6, 6.07) is 0. The monoisotopic (exact) mass is 919 g/mol. The minimum atomic E-state index is -0.764. The predicted molar refractivity (Wildman–Crippen MR) is 284 cm³/mol. The van der Waals surface area contributed by atoms with Crippen LogP contribution in [0.3, 0.4) is 0 Å². The minimum Gasteiger partial charge on any atom is -0.462 e.